The first-order valence-corrected chi connectivity index (χ1v) is 8.98. The number of anilines is 1. The quantitative estimate of drug-likeness (QED) is 0.734. The van der Waals surface area contributed by atoms with E-state index in [9.17, 15) is 14.7 Å². The van der Waals surface area contributed by atoms with E-state index in [1.807, 2.05) is 0 Å². The number of likely N-dealkylation sites (N-methyl/N-ethyl adjacent to an activating group) is 1. The van der Waals surface area contributed by atoms with Crippen molar-refractivity contribution in [3.63, 3.8) is 0 Å². The lowest BCUT2D eigenvalue weighted by atomic mass is 10.1. The van der Waals surface area contributed by atoms with Crippen LogP contribution in [0.3, 0.4) is 0 Å². The molecule has 25 heavy (non-hydrogen) atoms. The summed E-state index contributed by atoms with van der Waals surface area (Å²) in [7, 11) is 1.69. The number of nitrogens with one attached hydrogen (secondary N) is 1. The molecule has 0 aliphatic carbocycles. The Morgan fingerprint density at radius 3 is 2.40 bits per heavy atom. The Hall–Kier alpha value is -1.05. The van der Waals surface area contributed by atoms with Crippen LogP contribution >= 0.6 is 34.8 Å². The Kier molecular flexibility index (Phi) is 7.34. The van der Waals surface area contributed by atoms with Crippen molar-refractivity contribution in [3.8, 4) is 0 Å². The molecule has 0 bridgehead atoms. The van der Waals surface area contributed by atoms with E-state index in [4.69, 9.17) is 34.8 Å². The van der Waals surface area contributed by atoms with Gasteiger partial charge in [0.2, 0.25) is 11.8 Å². The Bertz CT molecular complexity index is 649. The highest BCUT2D eigenvalue weighted by molar-refractivity contribution is 6.44. The summed E-state index contributed by atoms with van der Waals surface area (Å²) in [6.45, 7) is 1.23. The largest absolute Gasteiger partial charge is 0.393 e. The first kappa shape index (κ1) is 20.3. The van der Waals surface area contributed by atoms with Gasteiger partial charge in [0.1, 0.15) is 0 Å². The van der Waals surface area contributed by atoms with Gasteiger partial charge in [0.25, 0.3) is 0 Å². The molecule has 0 aromatic heterocycles. The highest BCUT2D eigenvalue weighted by Crippen LogP contribution is 2.32. The van der Waals surface area contributed by atoms with Crippen molar-refractivity contribution in [2.45, 2.75) is 18.9 Å². The summed E-state index contributed by atoms with van der Waals surface area (Å²) in [5.74, 6) is -0.376. The molecule has 0 radical (unpaired) electrons. The molecule has 0 unspecified atom stereocenters. The van der Waals surface area contributed by atoms with Gasteiger partial charge in [0.15, 0.2) is 0 Å². The van der Waals surface area contributed by atoms with Crippen molar-refractivity contribution < 1.29 is 14.7 Å². The second-order valence-corrected chi connectivity index (χ2v) is 7.30. The summed E-state index contributed by atoms with van der Waals surface area (Å²) in [6, 6.07) is 2.94. The zero-order valence-electron chi connectivity index (χ0n) is 13.8. The van der Waals surface area contributed by atoms with Gasteiger partial charge in [-0.15, -0.1) is 0 Å². The molecule has 2 rings (SSSR count). The number of aliphatic hydroxyl groups excluding tert-OH is 1. The first-order chi connectivity index (χ1) is 11.8. The van der Waals surface area contributed by atoms with Gasteiger partial charge in [-0.05, 0) is 32.0 Å². The molecule has 138 valence electrons. The first-order valence-electron chi connectivity index (χ1n) is 7.85. The summed E-state index contributed by atoms with van der Waals surface area (Å²) in [5, 5.41) is 13.0. The molecule has 0 saturated carbocycles. The smallest absolute Gasteiger partial charge is 0.238 e. The van der Waals surface area contributed by atoms with Gasteiger partial charge in [-0.1, -0.05) is 34.8 Å². The molecular weight excluding hydrogens is 389 g/mol. The van der Waals surface area contributed by atoms with Gasteiger partial charge in [0, 0.05) is 13.1 Å². The van der Waals surface area contributed by atoms with Crippen molar-refractivity contribution in [1.29, 1.82) is 0 Å². The molecule has 1 aromatic carbocycles. The second kappa shape index (κ2) is 9.05. The summed E-state index contributed by atoms with van der Waals surface area (Å²) < 4.78 is 0. The van der Waals surface area contributed by atoms with Crippen LogP contribution in [0.5, 0.6) is 0 Å². The minimum Gasteiger partial charge on any atom is -0.393 e. The Labute approximate surface area is 161 Å². The molecule has 1 heterocycles. The Morgan fingerprint density at radius 2 is 1.76 bits per heavy atom. The Morgan fingerprint density at radius 1 is 1.16 bits per heavy atom. The molecule has 6 nitrogen and oxygen atoms in total. The van der Waals surface area contributed by atoms with Gasteiger partial charge in [0.05, 0.1) is 39.9 Å². The Balaban J connectivity index is 1.84. The average Bonchev–Trinajstić information content (AvgIpc) is 2.52. The van der Waals surface area contributed by atoms with Gasteiger partial charge in [-0.25, -0.2) is 0 Å². The lowest BCUT2D eigenvalue weighted by Gasteiger charge is -2.30. The van der Waals surface area contributed by atoms with E-state index in [2.05, 4.69) is 5.32 Å². The lowest BCUT2D eigenvalue weighted by Crippen LogP contribution is -2.45. The molecular formula is C16H20Cl3N3O3. The predicted octanol–water partition coefficient (Wildman–Crippen LogP) is 2.50. The van der Waals surface area contributed by atoms with E-state index >= 15 is 0 Å². The molecule has 0 atom stereocenters. The number of benzene rings is 1. The molecule has 2 amide bonds. The van der Waals surface area contributed by atoms with Crippen molar-refractivity contribution in [2.75, 3.05) is 38.5 Å². The van der Waals surface area contributed by atoms with E-state index in [0.717, 1.165) is 0 Å². The van der Waals surface area contributed by atoms with E-state index in [1.165, 1.54) is 12.1 Å². The number of amides is 2. The molecule has 1 aromatic rings. The van der Waals surface area contributed by atoms with Crippen LogP contribution in [0, 0.1) is 0 Å². The van der Waals surface area contributed by atoms with E-state index in [0.29, 0.717) is 36.6 Å². The third-order valence-electron chi connectivity index (χ3n) is 3.92. The molecule has 9 heteroatoms. The monoisotopic (exact) mass is 407 g/mol. The molecule has 1 aliphatic heterocycles. The molecule has 1 aliphatic rings. The van der Waals surface area contributed by atoms with Crippen LogP contribution in [0.1, 0.15) is 12.8 Å². The van der Waals surface area contributed by atoms with E-state index in [-0.39, 0.29) is 41.1 Å². The number of rotatable bonds is 5. The van der Waals surface area contributed by atoms with Crippen LogP contribution in [0.25, 0.3) is 0 Å². The third-order valence-corrected chi connectivity index (χ3v) is 4.95. The zero-order valence-corrected chi connectivity index (χ0v) is 16.0. The van der Waals surface area contributed by atoms with Crippen LogP contribution in [0.4, 0.5) is 5.69 Å². The summed E-state index contributed by atoms with van der Waals surface area (Å²) in [6.07, 6.45) is 0.848. The lowest BCUT2D eigenvalue weighted by molar-refractivity contribution is -0.134. The van der Waals surface area contributed by atoms with E-state index in [1.54, 1.807) is 16.8 Å². The molecule has 1 fully saturated rings. The van der Waals surface area contributed by atoms with Crippen LogP contribution in [0.2, 0.25) is 15.1 Å². The molecule has 1 saturated heterocycles. The highest BCUT2D eigenvalue weighted by atomic mass is 35.5. The third kappa shape index (κ3) is 6.01. The number of halogens is 3. The number of hydrogen-bond acceptors (Lipinski definition) is 4. The van der Waals surface area contributed by atoms with Crippen molar-refractivity contribution >= 4 is 52.3 Å². The molecule has 2 N–H and O–H groups in total. The van der Waals surface area contributed by atoms with Crippen LogP contribution < -0.4 is 5.32 Å². The fraction of sp³-hybridized carbons (Fsp3) is 0.500. The number of hydrogen-bond donors (Lipinski definition) is 2. The maximum atomic E-state index is 12.2. The number of carbonyl (C=O) groups excluding carboxylic acids is 2. The molecule has 0 spiro atoms. The topological polar surface area (TPSA) is 72.9 Å². The number of carbonyl (C=O) groups is 2. The van der Waals surface area contributed by atoms with Crippen LogP contribution in [-0.4, -0.2) is 66.1 Å². The fourth-order valence-electron chi connectivity index (χ4n) is 2.56. The van der Waals surface area contributed by atoms with Gasteiger partial charge in [-0.3, -0.25) is 14.5 Å². The number of nitrogens with zero attached hydrogens (tertiary/aromatic N) is 2. The summed E-state index contributed by atoms with van der Waals surface area (Å²) in [4.78, 5) is 27.7. The summed E-state index contributed by atoms with van der Waals surface area (Å²) in [5.41, 5.74) is 0.366. The van der Waals surface area contributed by atoms with Crippen LogP contribution in [-0.2, 0) is 9.59 Å². The number of piperidine rings is 1. The van der Waals surface area contributed by atoms with Crippen molar-refractivity contribution in [2.24, 2.45) is 0 Å². The minimum atomic E-state index is -0.330. The number of likely N-dealkylation sites (tertiary alicyclic amines) is 1. The van der Waals surface area contributed by atoms with Crippen molar-refractivity contribution in [3.05, 3.63) is 27.2 Å². The van der Waals surface area contributed by atoms with E-state index < -0.39 is 0 Å². The van der Waals surface area contributed by atoms with Crippen molar-refractivity contribution in [1.82, 2.24) is 9.80 Å². The minimum absolute atomic E-state index is 0.0266. The summed E-state index contributed by atoms with van der Waals surface area (Å²) >= 11 is 17.8. The second-order valence-electron chi connectivity index (χ2n) is 6.08. The van der Waals surface area contributed by atoms with Gasteiger partial charge < -0.3 is 15.3 Å². The average molecular weight is 409 g/mol. The maximum Gasteiger partial charge on any atom is 0.238 e. The highest BCUT2D eigenvalue weighted by Gasteiger charge is 2.22. The predicted molar refractivity (Wildman–Crippen MR) is 99.4 cm³/mol. The fourth-order valence-corrected chi connectivity index (χ4v) is 3.15. The maximum absolute atomic E-state index is 12.2. The van der Waals surface area contributed by atoms with Crippen LogP contribution in [0.15, 0.2) is 12.1 Å². The SMILES string of the molecule is CN(CC(=O)Nc1cc(Cl)c(Cl)cc1Cl)CC(=O)N1CCC(O)CC1. The van der Waals surface area contributed by atoms with Gasteiger partial charge >= 0.3 is 0 Å². The normalized spacial score (nSPS) is 15.5. The number of aliphatic hydroxyl groups is 1. The van der Waals surface area contributed by atoms with Gasteiger partial charge in [-0.2, -0.15) is 0 Å². The zero-order chi connectivity index (χ0) is 18.6. The standard InChI is InChI=1S/C16H20Cl3N3O3/c1-21(9-16(25)22-4-2-10(23)3-5-22)8-15(24)20-14-7-12(18)11(17)6-13(14)19/h6-7,10,23H,2-5,8-9H2,1H3,(H,20,24).